The Bertz CT molecular complexity index is 1090. The summed E-state index contributed by atoms with van der Waals surface area (Å²) in [7, 11) is 0. The predicted molar refractivity (Wildman–Crippen MR) is 104 cm³/mol. The zero-order valence-corrected chi connectivity index (χ0v) is 14.0. The number of rotatable bonds is 2. The van der Waals surface area contributed by atoms with E-state index in [0.29, 0.717) is 0 Å². The van der Waals surface area contributed by atoms with Gasteiger partial charge in [0.05, 0.1) is 0 Å². The van der Waals surface area contributed by atoms with Crippen molar-refractivity contribution >= 4 is 21.5 Å². The molecule has 0 spiro atoms. The maximum absolute atomic E-state index is 2.42. The minimum atomic E-state index is 1.07. The molecule has 116 valence electrons. The van der Waals surface area contributed by atoms with Crippen LogP contribution in [0.3, 0.4) is 0 Å². The van der Waals surface area contributed by atoms with Crippen LogP contribution in [0.5, 0.6) is 0 Å². The number of hydrogen-bond donors (Lipinski definition) is 0. The van der Waals surface area contributed by atoms with Gasteiger partial charge in [-0.15, -0.1) is 0 Å². The average Bonchev–Trinajstić information content (AvgIpc) is 2.99. The van der Waals surface area contributed by atoms with Gasteiger partial charge in [-0.1, -0.05) is 80.1 Å². The smallest absolute Gasteiger partial charge is 0.00131 e. The van der Waals surface area contributed by atoms with Crippen LogP contribution in [0.2, 0.25) is 0 Å². The molecule has 0 aromatic heterocycles. The van der Waals surface area contributed by atoms with Crippen molar-refractivity contribution in [3.8, 4) is 11.1 Å². The topological polar surface area (TPSA) is 0 Å². The van der Waals surface area contributed by atoms with E-state index in [1.54, 1.807) is 0 Å². The SMILES string of the molecule is CCCc1ccc2c(c1)Cc1ccc3c(ccc4ccccc43)c1-2. The van der Waals surface area contributed by atoms with Crippen LogP contribution in [0.4, 0.5) is 0 Å². The minimum Gasteiger partial charge on any atom is -0.0651 e. The molecular formula is C24H20. The molecule has 0 fully saturated rings. The molecule has 0 N–H and O–H groups in total. The van der Waals surface area contributed by atoms with Gasteiger partial charge in [0, 0.05) is 0 Å². The summed E-state index contributed by atoms with van der Waals surface area (Å²) in [5.74, 6) is 0. The van der Waals surface area contributed by atoms with E-state index in [9.17, 15) is 0 Å². The third-order valence-corrected chi connectivity index (χ3v) is 5.37. The van der Waals surface area contributed by atoms with Crippen LogP contribution < -0.4 is 0 Å². The molecule has 0 heteroatoms. The lowest BCUT2D eigenvalue weighted by molar-refractivity contribution is 0.920. The first-order chi connectivity index (χ1) is 11.8. The molecule has 0 radical (unpaired) electrons. The number of fused-ring (bicyclic) bond motifs is 7. The largest absolute Gasteiger partial charge is 0.0651 e. The molecule has 0 unspecified atom stereocenters. The standard InChI is InChI=1S/C24H20/c1-2-5-16-8-11-21-19(14-16)15-18-10-12-22-20-7-4-3-6-17(20)9-13-23(22)24(18)21/h3-4,6-14H,2,5,15H2,1H3. The quantitative estimate of drug-likeness (QED) is 0.326. The van der Waals surface area contributed by atoms with Gasteiger partial charge in [-0.05, 0) is 62.2 Å². The second-order valence-electron chi connectivity index (χ2n) is 6.90. The summed E-state index contributed by atoms with van der Waals surface area (Å²) in [6.07, 6.45) is 3.46. The van der Waals surface area contributed by atoms with E-state index in [0.717, 1.165) is 6.42 Å². The van der Waals surface area contributed by atoms with Crippen molar-refractivity contribution in [1.29, 1.82) is 0 Å². The van der Waals surface area contributed by atoms with Gasteiger partial charge in [-0.25, -0.2) is 0 Å². The average molecular weight is 308 g/mol. The summed E-state index contributed by atoms with van der Waals surface area (Å²) in [5, 5.41) is 5.45. The summed E-state index contributed by atoms with van der Waals surface area (Å²) in [5.41, 5.74) is 7.33. The molecule has 0 heterocycles. The van der Waals surface area contributed by atoms with Crippen molar-refractivity contribution in [1.82, 2.24) is 0 Å². The molecule has 0 atom stereocenters. The third kappa shape index (κ3) is 1.93. The molecule has 4 aromatic rings. The lowest BCUT2D eigenvalue weighted by atomic mass is 9.94. The zero-order valence-electron chi connectivity index (χ0n) is 14.0. The molecule has 0 bridgehead atoms. The Balaban J connectivity index is 1.80. The number of aryl methyl sites for hydroxylation is 1. The van der Waals surface area contributed by atoms with Crippen LogP contribution in [0, 0.1) is 0 Å². The Morgan fingerprint density at radius 3 is 2.54 bits per heavy atom. The lowest BCUT2D eigenvalue weighted by Gasteiger charge is -2.10. The fraction of sp³-hybridized carbons (Fsp3) is 0.167. The highest BCUT2D eigenvalue weighted by Crippen LogP contribution is 2.43. The van der Waals surface area contributed by atoms with Crippen molar-refractivity contribution in [2.24, 2.45) is 0 Å². The first kappa shape index (κ1) is 13.8. The van der Waals surface area contributed by atoms with Crippen molar-refractivity contribution in [3.05, 3.63) is 83.4 Å². The molecule has 0 saturated heterocycles. The highest BCUT2D eigenvalue weighted by molar-refractivity contribution is 6.13. The summed E-state index contributed by atoms with van der Waals surface area (Å²) in [6.45, 7) is 2.25. The summed E-state index contributed by atoms with van der Waals surface area (Å²) in [4.78, 5) is 0. The van der Waals surface area contributed by atoms with Crippen LogP contribution >= 0.6 is 0 Å². The number of hydrogen-bond acceptors (Lipinski definition) is 0. The highest BCUT2D eigenvalue weighted by Gasteiger charge is 2.21. The molecule has 0 nitrogen and oxygen atoms in total. The van der Waals surface area contributed by atoms with Crippen molar-refractivity contribution < 1.29 is 0 Å². The second kappa shape index (κ2) is 5.21. The van der Waals surface area contributed by atoms with Crippen molar-refractivity contribution in [3.63, 3.8) is 0 Å². The van der Waals surface area contributed by atoms with E-state index in [1.807, 2.05) is 0 Å². The Morgan fingerprint density at radius 2 is 1.62 bits per heavy atom. The van der Waals surface area contributed by atoms with Gasteiger partial charge < -0.3 is 0 Å². The van der Waals surface area contributed by atoms with E-state index in [1.165, 1.54) is 62.2 Å². The third-order valence-electron chi connectivity index (χ3n) is 5.37. The van der Waals surface area contributed by atoms with Crippen LogP contribution in [0.25, 0.3) is 32.7 Å². The maximum Gasteiger partial charge on any atom is -0.00131 e. The molecule has 0 aliphatic heterocycles. The molecule has 0 amide bonds. The normalized spacial score (nSPS) is 12.5. The molecule has 0 saturated carbocycles. The maximum atomic E-state index is 2.42. The first-order valence-corrected chi connectivity index (χ1v) is 8.90. The van der Waals surface area contributed by atoms with E-state index in [4.69, 9.17) is 0 Å². The molecule has 24 heavy (non-hydrogen) atoms. The second-order valence-corrected chi connectivity index (χ2v) is 6.90. The minimum absolute atomic E-state index is 1.07. The molecule has 1 aliphatic carbocycles. The van der Waals surface area contributed by atoms with Crippen LogP contribution in [0.1, 0.15) is 30.0 Å². The summed E-state index contributed by atoms with van der Waals surface area (Å²) in [6, 6.07) is 25.0. The van der Waals surface area contributed by atoms with E-state index >= 15 is 0 Å². The van der Waals surface area contributed by atoms with E-state index < -0.39 is 0 Å². The summed E-state index contributed by atoms with van der Waals surface area (Å²) < 4.78 is 0. The molecule has 1 aliphatic rings. The van der Waals surface area contributed by atoms with Crippen molar-refractivity contribution in [2.45, 2.75) is 26.2 Å². The monoisotopic (exact) mass is 308 g/mol. The fourth-order valence-electron chi connectivity index (χ4n) is 4.29. The van der Waals surface area contributed by atoms with Gasteiger partial charge in [0.25, 0.3) is 0 Å². The molecule has 4 aromatic carbocycles. The zero-order chi connectivity index (χ0) is 16.1. The van der Waals surface area contributed by atoms with Gasteiger partial charge in [-0.2, -0.15) is 0 Å². The number of benzene rings is 4. The van der Waals surface area contributed by atoms with Gasteiger partial charge in [0.15, 0.2) is 0 Å². The Hall–Kier alpha value is -2.60. The molecule has 5 rings (SSSR count). The molecular weight excluding hydrogens is 288 g/mol. The highest BCUT2D eigenvalue weighted by atomic mass is 14.2. The van der Waals surface area contributed by atoms with Gasteiger partial charge in [0.1, 0.15) is 0 Å². The van der Waals surface area contributed by atoms with Gasteiger partial charge in [0.2, 0.25) is 0 Å². The Kier molecular flexibility index (Phi) is 2.99. The van der Waals surface area contributed by atoms with Crippen LogP contribution in [-0.4, -0.2) is 0 Å². The van der Waals surface area contributed by atoms with Crippen molar-refractivity contribution in [2.75, 3.05) is 0 Å². The lowest BCUT2D eigenvalue weighted by Crippen LogP contribution is -1.87. The van der Waals surface area contributed by atoms with Crippen LogP contribution in [-0.2, 0) is 12.8 Å². The van der Waals surface area contributed by atoms with Crippen LogP contribution in [0.15, 0.2) is 66.7 Å². The summed E-state index contributed by atoms with van der Waals surface area (Å²) >= 11 is 0. The van der Waals surface area contributed by atoms with Gasteiger partial charge in [-0.3, -0.25) is 0 Å². The Labute approximate surface area is 142 Å². The van der Waals surface area contributed by atoms with Gasteiger partial charge >= 0.3 is 0 Å². The van der Waals surface area contributed by atoms with E-state index in [-0.39, 0.29) is 0 Å². The van der Waals surface area contributed by atoms with E-state index in [2.05, 4.69) is 73.7 Å². The first-order valence-electron chi connectivity index (χ1n) is 8.90. The predicted octanol–water partition coefficient (Wildman–Crippen LogP) is 6.52. The fourth-order valence-corrected chi connectivity index (χ4v) is 4.29. The Morgan fingerprint density at radius 1 is 0.750 bits per heavy atom.